The molecule has 0 aliphatic heterocycles. The predicted molar refractivity (Wildman–Crippen MR) is 64.3 cm³/mol. The van der Waals surface area contributed by atoms with Gasteiger partial charge in [-0.1, -0.05) is 23.7 Å². The Labute approximate surface area is 101 Å². The van der Waals surface area contributed by atoms with Crippen molar-refractivity contribution in [3.8, 4) is 0 Å². The standard InChI is InChI=1S/C12H16ClNO2/c1-14(2)12(16)8-7-11(15)9-3-5-10(13)6-4-9/h3-6,11,15H,7-8H2,1-2H3. The number of carbonyl (C=O) groups is 1. The van der Waals surface area contributed by atoms with Gasteiger partial charge in [-0.2, -0.15) is 0 Å². The molecule has 0 fully saturated rings. The molecule has 0 aliphatic carbocycles. The normalized spacial score (nSPS) is 12.2. The van der Waals surface area contributed by atoms with Crippen LogP contribution in [0.3, 0.4) is 0 Å². The number of nitrogens with zero attached hydrogens (tertiary/aromatic N) is 1. The molecule has 0 aliphatic rings. The lowest BCUT2D eigenvalue weighted by Gasteiger charge is -2.13. The Bertz CT molecular complexity index is 349. The van der Waals surface area contributed by atoms with Gasteiger partial charge in [-0.05, 0) is 24.1 Å². The number of hydrogen-bond donors (Lipinski definition) is 1. The van der Waals surface area contributed by atoms with Crippen molar-refractivity contribution >= 4 is 17.5 Å². The summed E-state index contributed by atoms with van der Waals surface area (Å²) in [6.07, 6.45) is 0.163. The molecule has 1 rings (SSSR count). The molecule has 4 heteroatoms. The Morgan fingerprint density at radius 1 is 1.38 bits per heavy atom. The van der Waals surface area contributed by atoms with Gasteiger partial charge in [0.2, 0.25) is 5.91 Å². The van der Waals surface area contributed by atoms with Gasteiger partial charge in [-0.15, -0.1) is 0 Å². The monoisotopic (exact) mass is 241 g/mol. The number of aliphatic hydroxyl groups is 1. The van der Waals surface area contributed by atoms with E-state index >= 15 is 0 Å². The summed E-state index contributed by atoms with van der Waals surface area (Å²) in [7, 11) is 3.41. The SMILES string of the molecule is CN(C)C(=O)CCC(O)c1ccc(Cl)cc1. The Morgan fingerprint density at radius 3 is 2.44 bits per heavy atom. The van der Waals surface area contributed by atoms with Gasteiger partial charge < -0.3 is 10.0 Å². The van der Waals surface area contributed by atoms with Crippen LogP contribution in [-0.4, -0.2) is 30.0 Å². The lowest BCUT2D eigenvalue weighted by Crippen LogP contribution is -2.21. The highest BCUT2D eigenvalue weighted by Crippen LogP contribution is 2.20. The maximum atomic E-state index is 11.3. The summed E-state index contributed by atoms with van der Waals surface area (Å²) in [6.45, 7) is 0. The number of carbonyl (C=O) groups excluding carboxylic acids is 1. The van der Waals surface area contributed by atoms with Gasteiger partial charge in [0, 0.05) is 25.5 Å². The molecule has 1 aromatic rings. The molecule has 1 atom stereocenters. The Kier molecular flexibility index (Phi) is 4.77. The second kappa shape index (κ2) is 5.87. The summed E-state index contributed by atoms with van der Waals surface area (Å²) >= 11 is 5.74. The number of rotatable bonds is 4. The molecule has 3 nitrogen and oxygen atoms in total. The summed E-state index contributed by atoms with van der Waals surface area (Å²) in [6, 6.07) is 7.00. The zero-order chi connectivity index (χ0) is 12.1. The Hall–Kier alpha value is -1.06. The molecule has 1 amide bonds. The van der Waals surface area contributed by atoms with Crippen LogP contribution in [-0.2, 0) is 4.79 Å². The van der Waals surface area contributed by atoms with Gasteiger partial charge in [0.1, 0.15) is 0 Å². The van der Waals surface area contributed by atoms with Crippen LogP contribution >= 0.6 is 11.6 Å². The number of hydrogen-bond acceptors (Lipinski definition) is 2. The fourth-order valence-electron chi connectivity index (χ4n) is 1.34. The van der Waals surface area contributed by atoms with Crippen LogP contribution in [0.15, 0.2) is 24.3 Å². The maximum absolute atomic E-state index is 11.3. The van der Waals surface area contributed by atoms with E-state index in [1.54, 1.807) is 38.4 Å². The molecule has 0 radical (unpaired) electrons. The zero-order valence-electron chi connectivity index (χ0n) is 9.48. The van der Waals surface area contributed by atoms with Crippen molar-refractivity contribution in [3.05, 3.63) is 34.9 Å². The van der Waals surface area contributed by atoms with E-state index in [4.69, 9.17) is 11.6 Å². The summed E-state index contributed by atoms with van der Waals surface area (Å²) in [5.74, 6) is 0.0213. The molecule has 16 heavy (non-hydrogen) atoms. The number of amides is 1. The van der Waals surface area contributed by atoms with Gasteiger partial charge in [-0.3, -0.25) is 4.79 Å². The summed E-state index contributed by atoms with van der Waals surface area (Å²) < 4.78 is 0. The fourth-order valence-corrected chi connectivity index (χ4v) is 1.46. The van der Waals surface area contributed by atoms with E-state index < -0.39 is 6.10 Å². The van der Waals surface area contributed by atoms with Crippen LogP contribution < -0.4 is 0 Å². The van der Waals surface area contributed by atoms with Gasteiger partial charge in [-0.25, -0.2) is 0 Å². The fraction of sp³-hybridized carbons (Fsp3) is 0.417. The van der Waals surface area contributed by atoms with Crippen molar-refractivity contribution < 1.29 is 9.90 Å². The minimum absolute atomic E-state index is 0.0213. The quantitative estimate of drug-likeness (QED) is 0.878. The molecule has 0 bridgehead atoms. The Morgan fingerprint density at radius 2 is 1.94 bits per heavy atom. The lowest BCUT2D eigenvalue weighted by atomic mass is 10.0. The number of benzene rings is 1. The van der Waals surface area contributed by atoms with Crippen LogP contribution in [0, 0.1) is 0 Å². The van der Waals surface area contributed by atoms with E-state index in [2.05, 4.69) is 0 Å². The molecule has 0 aromatic heterocycles. The second-order valence-corrected chi connectivity index (χ2v) is 4.33. The molecule has 1 unspecified atom stereocenters. The second-order valence-electron chi connectivity index (χ2n) is 3.89. The number of aliphatic hydroxyl groups excluding tert-OH is 1. The van der Waals surface area contributed by atoms with Crippen molar-refractivity contribution in [2.24, 2.45) is 0 Å². The molecule has 0 spiro atoms. The van der Waals surface area contributed by atoms with E-state index in [1.807, 2.05) is 0 Å². The van der Waals surface area contributed by atoms with E-state index in [1.165, 1.54) is 4.90 Å². The van der Waals surface area contributed by atoms with Gasteiger partial charge in [0.05, 0.1) is 6.10 Å². The molecular weight excluding hydrogens is 226 g/mol. The first-order valence-corrected chi connectivity index (χ1v) is 5.52. The van der Waals surface area contributed by atoms with E-state index in [0.717, 1.165) is 5.56 Å². The average Bonchev–Trinajstić information content (AvgIpc) is 2.26. The van der Waals surface area contributed by atoms with Crippen molar-refractivity contribution in [1.82, 2.24) is 4.90 Å². The summed E-state index contributed by atoms with van der Waals surface area (Å²) in [5, 5.41) is 10.5. The van der Waals surface area contributed by atoms with E-state index in [-0.39, 0.29) is 5.91 Å². The van der Waals surface area contributed by atoms with Crippen LogP contribution in [0.4, 0.5) is 0 Å². The molecule has 1 N–H and O–H groups in total. The van der Waals surface area contributed by atoms with Crippen molar-refractivity contribution in [3.63, 3.8) is 0 Å². The van der Waals surface area contributed by atoms with Crippen LogP contribution in [0.2, 0.25) is 5.02 Å². The van der Waals surface area contributed by atoms with Crippen molar-refractivity contribution in [1.29, 1.82) is 0 Å². The smallest absolute Gasteiger partial charge is 0.222 e. The maximum Gasteiger partial charge on any atom is 0.222 e. The van der Waals surface area contributed by atoms with Crippen LogP contribution in [0.5, 0.6) is 0 Å². The lowest BCUT2D eigenvalue weighted by molar-refractivity contribution is -0.129. The number of halogens is 1. The highest BCUT2D eigenvalue weighted by atomic mass is 35.5. The third-order valence-corrected chi connectivity index (χ3v) is 2.64. The summed E-state index contributed by atoms with van der Waals surface area (Å²) in [4.78, 5) is 12.8. The van der Waals surface area contributed by atoms with Gasteiger partial charge >= 0.3 is 0 Å². The van der Waals surface area contributed by atoms with Crippen LogP contribution in [0.25, 0.3) is 0 Å². The van der Waals surface area contributed by atoms with E-state index in [0.29, 0.717) is 17.9 Å². The minimum atomic E-state index is -0.610. The third kappa shape index (κ3) is 3.83. The molecule has 88 valence electrons. The molecule has 1 aromatic carbocycles. The minimum Gasteiger partial charge on any atom is -0.388 e. The highest BCUT2D eigenvalue weighted by Gasteiger charge is 2.11. The van der Waals surface area contributed by atoms with Gasteiger partial charge in [0.15, 0.2) is 0 Å². The molecule has 0 saturated heterocycles. The zero-order valence-corrected chi connectivity index (χ0v) is 10.2. The van der Waals surface area contributed by atoms with Crippen molar-refractivity contribution in [2.45, 2.75) is 18.9 Å². The van der Waals surface area contributed by atoms with Crippen molar-refractivity contribution in [2.75, 3.05) is 14.1 Å². The predicted octanol–water partition coefficient (Wildman–Crippen LogP) is 2.24. The highest BCUT2D eigenvalue weighted by molar-refractivity contribution is 6.30. The molecule has 0 saturated carbocycles. The first-order chi connectivity index (χ1) is 7.50. The largest absolute Gasteiger partial charge is 0.388 e. The first-order valence-electron chi connectivity index (χ1n) is 5.14. The third-order valence-electron chi connectivity index (χ3n) is 2.39. The Balaban J connectivity index is 2.49. The van der Waals surface area contributed by atoms with Gasteiger partial charge in [0.25, 0.3) is 0 Å². The topological polar surface area (TPSA) is 40.5 Å². The van der Waals surface area contributed by atoms with E-state index in [9.17, 15) is 9.90 Å². The first kappa shape index (κ1) is 13.0. The van der Waals surface area contributed by atoms with Crippen LogP contribution in [0.1, 0.15) is 24.5 Å². The molecule has 0 heterocycles. The molecular formula is C12H16ClNO2. The summed E-state index contributed by atoms with van der Waals surface area (Å²) in [5.41, 5.74) is 0.788. The average molecular weight is 242 g/mol.